The summed E-state index contributed by atoms with van der Waals surface area (Å²) in [6.45, 7) is 0.478. The highest BCUT2D eigenvalue weighted by Crippen LogP contribution is 2.30. The highest BCUT2D eigenvalue weighted by molar-refractivity contribution is 7.89. The van der Waals surface area contributed by atoms with E-state index in [9.17, 15) is 22.8 Å². The number of carbonyl (C=O) groups excluding carboxylic acids is 3. The Morgan fingerprint density at radius 3 is 2.58 bits per heavy atom. The number of halogens is 2. The lowest BCUT2D eigenvalue weighted by Crippen LogP contribution is -2.42. The molecule has 1 saturated carbocycles. The standard InChI is InChI=1S/C31H36ClFN4O7S/c1-36-28-8-4-3-7-24(28)29(35-36)30(39)34-27-16-26(33)20(15-25(27)32)14-22(38)18-45(41,42)37-13-5-6-21(37)17-44-23-11-9-19(10-12-23)31(40)43-2/h3-4,7-8,15-16,19,21,23H,5-6,9-14,17-18H2,1-2H3,(H,34,39)/t19?,21-,23?/m0/s1. The van der Waals surface area contributed by atoms with Crippen molar-refractivity contribution in [2.75, 3.05) is 31.3 Å². The second-order valence-corrected chi connectivity index (χ2v) is 13.9. The largest absolute Gasteiger partial charge is 0.469 e. The van der Waals surface area contributed by atoms with E-state index in [-0.39, 0.29) is 53.1 Å². The number of nitrogens with one attached hydrogen (secondary N) is 1. The van der Waals surface area contributed by atoms with Crippen molar-refractivity contribution in [2.24, 2.45) is 13.0 Å². The van der Waals surface area contributed by atoms with Crippen LogP contribution < -0.4 is 5.32 Å². The molecule has 1 atom stereocenters. The Morgan fingerprint density at radius 2 is 1.84 bits per heavy atom. The molecule has 1 aliphatic heterocycles. The number of anilines is 1. The highest BCUT2D eigenvalue weighted by Gasteiger charge is 2.37. The molecule has 45 heavy (non-hydrogen) atoms. The summed E-state index contributed by atoms with van der Waals surface area (Å²) in [4.78, 5) is 37.6. The highest BCUT2D eigenvalue weighted by atomic mass is 35.5. The molecule has 1 N–H and O–H groups in total. The maximum atomic E-state index is 15.1. The number of amides is 1. The maximum absolute atomic E-state index is 15.1. The van der Waals surface area contributed by atoms with Crippen LogP contribution in [0.3, 0.4) is 0 Å². The van der Waals surface area contributed by atoms with Gasteiger partial charge in [0.1, 0.15) is 11.6 Å². The van der Waals surface area contributed by atoms with E-state index in [0.717, 1.165) is 11.6 Å². The van der Waals surface area contributed by atoms with Crippen LogP contribution in [0.4, 0.5) is 10.1 Å². The third-order valence-corrected chi connectivity index (χ3v) is 10.7. The lowest BCUT2D eigenvalue weighted by molar-refractivity contribution is -0.147. The number of hydrogen-bond acceptors (Lipinski definition) is 8. The Hall–Kier alpha value is -3.39. The van der Waals surface area contributed by atoms with Crippen molar-refractivity contribution in [2.45, 2.75) is 57.1 Å². The molecule has 0 unspecified atom stereocenters. The molecular formula is C31H36ClFN4O7S. The third-order valence-electron chi connectivity index (χ3n) is 8.50. The van der Waals surface area contributed by atoms with Gasteiger partial charge in [0.05, 0.1) is 42.0 Å². The summed E-state index contributed by atoms with van der Waals surface area (Å²) in [5, 5.41) is 7.44. The molecule has 1 aromatic heterocycles. The SMILES string of the molecule is COC(=O)C1CCC(OC[C@@H]2CCCN2S(=O)(=O)CC(=O)Cc2cc(Cl)c(NC(=O)c3nn(C)c4ccccc34)cc2F)CC1. The molecule has 1 amide bonds. The first-order valence-electron chi connectivity index (χ1n) is 14.9. The minimum Gasteiger partial charge on any atom is -0.469 e. The van der Waals surface area contributed by atoms with Gasteiger partial charge in [0.2, 0.25) is 10.0 Å². The van der Waals surface area contributed by atoms with Crippen LogP contribution in [-0.2, 0) is 42.6 Å². The minimum absolute atomic E-state index is 0.00332. The summed E-state index contributed by atoms with van der Waals surface area (Å²) in [5.41, 5.74) is 0.809. The van der Waals surface area contributed by atoms with Gasteiger partial charge in [-0.3, -0.25) is 19.1 Å². The van der Waals surface area contributed by atoms with Crippen LogP contribution in [0.5, 0.6) is 0 Å². The minimum atomic E-state index is -3.98. The van der Waals surface area contributed by atoms with Crippen molar-refractivity contribution in [1.29, 1.82) is 0 Å². The molecule has 0 radical (unpaired) electrons. The number of Topliss-reactive ketones (excluding diaryl/α,β-unsaturated/α-hetero) is 1. The van der Waals surface area contributed by atoms with Gasteiger partial charge in [0, 0.05) is 31.4 Å². The van der Waals surface area contributed by atoms with Gasteiger partial charge in [-0.05, 0) is 62.3 Å². The first kappa shape index (κ1) is 33.0. The van der Waals surface area contributed by atoms with E-state index in [1.165, 1.54) is 17.5 Å². The molecule has 1 aliphatic carbocycles. The Kier molecular flexibility index (Phi) is 10.2. The zero-order valence-electron chi connectivity index (χ0n) is 25.1. The molecule has 14 heteroatoms. The van der Waals surface area contributed by atoms with E-state index in [2.05, 4.69) is 10.4 Å². The Bertz CT molecular complexity index is 1710. The van der Waals surface area contributed by atoms with Gasteiger partial charge in [-0.15, -0.1) is 0 Å². The first-order valence-corrected chi connectivity index (χ1v) is 16.9. The molecule has 2 fully saturated rings. The fourth-order valence-corrected chi connectivity index (χ4v) is 8.09. The number of rotatable bonds is 11. The number of esters is 1. The van der Waals surface area contributed by atoms with Crippen molar-refractivity contribution >= 4 is 55.9 Å². The summed E-state index contributed by atoms with van der Waals surface area (Å²) in [5.74, 6) is -3.20. The van der Waals surface area contributed by atoms with Gasteiger partial charge in [0.25, 0.3) is 5.91 Å². The fraction of sp³-hybridized carbons (Fsp3) is 0.484. The second kappa shape index (κ2) is 13.9. The summed E-state index contributed by atoms with van der Waals surface area (Å²) >= 11 is 6.34. The third kappa shape index (κ3) is 7.54. The van der Waals surface area contributed by atoms with Crippen molar-refractivity contribution in [1.82, 2.24) is 14.1 Å². The van der Waals surface area contributed by atoms with Crippen LogP contribution in [0.1, 0.15) is 54.6 Å². The second-order valence-electron chi connectivity index (χ2n) is 11.6. The van der Waals surface area contributed by atoms with Crippen molar-refractivity contribution < 1.29 is 36.7 Å². The van der Waals surface area contributed by atoms with E-state index in [0.29, 0.717) is 43.9 Å². The number of aromatic nitrogens is 2. The van der Waals surface area contributed by atoms with Gasteiger partial charge in [-0.2, -0.15) is 9.40 Å². The molecule has 11 nitrogen and oxygen atoms in total. The predicted octanol–water partition coefficient (Wildman–Crippen LogP) is 4.27. The monoisotopic (exact) mass is 662 g/mol. The average Bonchev–Trinajstić information content (AvgIpc) is 3.63. The van der Waals surface area contributed by atoms with Gasteiger partial charge < -0.3 is 14.8 Å². The van der Waals surface area contributed by atoms with Gasteiger partial charge in [-0.1, -0.05) is 29.8 Å². The molecule has 5 rings (SSSR count). The van der Waals surface area contributed by atoms with Crippen molar-refractivity contribution in [3.63, 3.8) is 0 Å². The Balaban J connectivity index is 1.17. The van der Waals surface area contributed by atoms with Crippen LogP contribution in [-0.4, -0.2) is 78.3 Å². The molecule has 0 spiro atoms. The lowest BCUT2D eigenvalue weighted by Gasteiger charge is -2.30. The maximum Gasteiger partial charge on any atom is 0.308 e. The number of methoxy groups -OCH3 is 1. The molecule has 242 valence electrons. The first-order chi connectivity index (χ1) is 21.5. The van der Waals surface area contributed by atoms with Crippen LogP contribution in [0.2, 0.25) is 5.02 Å². The number of hydrogen-bond donors (Lipinski definition) is 1. The zero-order chi connectivity index (χ0) is 32.3. The molecule has 1 saturated heterocycles. The summed E-state index contributed by atoms with van der Waals surface area (Å²) in [6, 6.07) is 8.99. The number of aryl methyl sites for hydroxylation is 1. The molecular weight excluding hydrogens is 627 g/mol. The number of fused-ring (bicyclic) bond motifs is 1. The topological polar surface area (TPSA) is 137 Å². The Labute approximate surface area is 266 Å². The van der Waals surface area contributed by atoms with Crippen molar-refractivity contribution in [3.8, 4) is 0 Å². The molecule has 3 aromatic rings. The van der Waals surface area contributed by atoms with Crippen molar-refractivity contribution in [3.05, 3.63) is 58.5 Å². The quantitative estimate of drug-likeness (QED) is 0.301. The van der Waals surface area contributed by atoms with E-state index < -0.39 is 45.7 Å². The van der Waals surface area contributed by atoms with Crippen LogP contribution in [0.15, 0.2) is 36.4 Å². The van der Waals surface area contributed by atoms with E-state index >= 15 is 4.39 Å². The smallest absolute Gasteiger partial charge is 0.308 e. The van der Waals surface area contributed by atoms with Crippen LogP contribution in [0, 0.1) is 11.7 Å². The molecule has 2 aromatic carbocycles. The lowest BCUT2D eigenvalue weighted by atomic mass is 9.87. The van der Waals surface area contributed by atoms with Gasteiger partial charge >= 0.3 is 5.97 Å². The normalized spacial score (nSPS) is 20.8. The summed E-state index contributed by atoms with van der Waals surface area (Å²) in [6.07, 6.45) is 3.40. The van der Waals surface area contributed by atoms with E-state index in [1.54, 1.807) is 23.9 Å². The number of benzene rings is 2. The number of sulfonamides is 1. The van der Waals surface area contributed by atoms with Gasteiger partial charge in [0.15, 0.2) is 11.5 Å². The van der Waals surface area contributed by atoms with Gasteiger partial charge in [-0.25, -0.2) is 12.8 Å². The zero-order valence-corrected chi connectivity index (χ0v) is 26.7. The number of nitrogens with zero attached hydrogens (tertiary/aromatic N) is 3. The molecule has 2 aliphatic rings. The van der Waals surface area contributed by atoms with E-state index in [1.807, 2.05) is 12.1 Å². The van der Waals surface area contributed by atoms with Crippen LogP contribution >= 0.6 is 11.6 Å². The number of ketones is 1. The number of carbonyl (C=O) groups is 3. The molecule has 2 heterocycles. The van der Waals surface area contributed by atoms with E-state index in [4.69, 9.17) is 21.1 Å². The fourth-order valence-electron chi connectivity index (χ4n) is 6.15. The predicted molar refractivity (Wildman–Crippen MR) is 166 cm³/mol. The summed E-state index contributed by atoms with van der Waals surface area (Å²) < 4.78 is 55.3. The average molecular weight is 663 g/mol. The Morgan fingerprint density at radius 1 is 1.11 bits per heavy atom. The number of para-hydroxylation sites is 1. The van der Waals surface area contributed by atoms with Crippen LogP contribution in [0.25, 0.3) is 10.9 Å². The number of ether oxygens (including phenoxy) is 2. The molecule has 0 bridgehead atoms. The summed E-state index contributed by atoms with van der Waals surface area (Å²) in [7, 11) is -0.897.